The number of benzene rings is 1. The summed E-state index contributed by atoms with van der Waals surface area (Å²) in [6.07, 6.45) is 3.84. The van der Waals surface area contributed by atoms with Gasteiger partial charge in [-0.3, -0.25) is 4.98 Å². The van der Waals surface area contributed by atoms with E-state index in [4.69, 9.17) is 0 Å². The molecule has 0 spiro atoms. The first-order valence-corrected chi connectivity index (χ1v) is 9.43. The number of aromatic nitrogens is 1. The van der Waals surface area contributed by atoms with Crippen molar-refractivity contribution in [1.82, 2.24) is 9.88 Å². The van der Waals surface area contributed by atoms with Gasteiger partial charge in [-0.15, -0.1) is 0 Å². The Morgan fingerprint density at radius 2 is 1.85 bits per heavy atom. The van der Waals surface area contributed by atoms with Crippen molar-refractivity contribution in [3.63, 3.8) is 0 Å². The number of rotatable bonds is 5. The molecule has 144 valence electrons. The Bertz CT molecular complexity index is 798. The summed E-state index contributed by atoms with van der Waals surface area (Å²) >= 11 is 0. The van der Waals surface area contributed by atoms with Crippen LogP contribution in [-0.4, -0.2) is 45.3 Å². The fourth-order valence-corrected chi connectivity index (χ4v) is 4.74. The van der Waals surface area contributed by atoms with Crippen molar-refractivity contribution in [2.45, 2.75) is 31.3 Å². The van der Waals surface area contributed by atoms with Crippen molar-refractivity contribution in [2.75, 3.05) is 19.6 Å². The maximum atomic E-state index is 13.9. The Balaban J connectivity index is 1.31. The molecule has 0 radical (unpaired) electrons. The van der Waals surface area contributed by atoms with Crippen LogP contribution < -0.4 is 0 Å². The lowest BCUT2D eigenvalue weighted by molar-refractivity contribution is 0.0347. The van der Waals surface area contributed by atoms with Gasteiger partial charge in [0.25, 0.3) is 0 Å². The molecule has 3 atom stereocenters. The molecule has 0 amide bonds. The monoisotopic (exact) mass is 374 g/mol. The lowest BCUT2D eigenvalue weighted by atomic mass is 9.91. The van der Waals surface area contributed by atoms with Gasteiger partial charge in [0, 0.05) is 44.2 Å². The van der Waals surface area contributed by atoms with Crippen LogP contribution in [0.15, 0.2) is 36.5 Å². The second kappa shape index (κ2) is 7.17. The smallest absolute Gasteiger partial charge is 0.133 e. The molecule has 4 rings (SSSR count). The van der Waals surface area contributed by atoms with Gasteiger partial charge in [-0.25, -0.2) is 8.78 Å². The Kier molecular flexibility index (Phi) is 4.86. The minimum atomic E-state index is -0.904. The fraction of sp³-hybridized carbons (Fsp3) is 0.476. The van der Waals surface area contributed by atoms with Crippen molar-refractivity contribution < 1.29 is 19.0 Å². The number of aromatic hydroxyl groups is 1. The zero-order chi connectivity index (χ0) is 19.0. The highest BCUT2D eigenvalue weighted by atomic mass is 19.1. The molecule has 4 nitrogen and oxygen atoms in total. The summed E-state index contributed by atoms with van der Waals surface area (Å²) in [5.74, 6) is -0.183. The van der Waals surface area contributed by atoms with Gasteiger partial charge in [0.2, 0.25) is 0 Å². The highest BCUT2D eigenvalue weighted by Gasteiger charge is 2.48. The van der Waals surface area contributed by atoms with Gasteiger partial charge in [-0.2, -0.15) is 0 Å². The first kappa shape index (κ1) is 18.3. The third kappa shape index (κ3) is 4.12. The summed E-state index contributed by atoms with van der Waals surface area (Å²) in [4.78, 5) is 6.61. The Morgan fingerprint density at radius 3 is 2.48 bits per heavy atom. The van der Waals surface area contributed by atoms with E-state index in [-0.39, 0.29) is 12.2 Å². The third-order valence-electron chi connectivity index (χ3n) is 5.96. The normalized spacial score (nSPS) is 27.8. The number of hydrogen-bond acceptors (Lipinski definition) is 4. The van der Waals surface area contributed by atoms with E-state index in [0.717, 1.165) is 37.8 Å². The van der Waals surface area contributed by atoms with E-state index in [2.05, 4.69) is 9.88 Å². The average molecular weight is 374 g/mol. The Labute approximate surface area is 157 Å². The number of aliphatic hydroxyl groups is 1. The van der Waals surface area contributed by atoms with Crippen LogP contribution >= 0.6 is 0 Å². The van der Waals surface area contributed by atoms with E-state index >= 15 is 0 Å². The van der Waals surface area contributed by atoms with E-state index in [1.165, 1.54) is 18.3 Å². The van der Waals surface area contributed by atoms with Crippen LogP contribution in [0.1, 0.15) is 24.1 Å². The molecule has 1 unspecified atom stereocenters. The third-order valence-corrected chi connectivity index (χ3v) is 5.96. The van der Waals surface area contributed by atoms with Crippen LogP contribution in [0.2, 0.25) is 0 Å². The van der Waals surface area contributed by atoms with Crippen molar-refractivity contribution >= 4 is 0 Å². The second-order valence-electron chi connectivity index (χ2n) is 8.08. The van der Waals surface area contributed by atoms with Gasteiger partial charge in [-0.1, -0.05) is 6.07 Å². The van der Waals surface area contributed by atoms with Gasteiger partial charge >= 0.3 is 0 Å². The molecule has 2 aromatic rings. The zero-order valence-corrected chi connectivity index (χ0v) is 15.1. The van der Waals surface area contributed by atoms with Crippen molar-refractivity contribution in [1.29, 1.82) is 0 Å². The van der Waals surface area contributed by atoms with E-state index < -0.39 is 17.2 Å². The van der Waals surface area contributed by atoms with Crippen molar-refractivity contribution in [3.8, 4) is 5.75 Å². The molecule has 1 saturated heterocycles. The quantitative estimate of drug-likeness (QED) is 0.845. The van der Waals surface area contributed by atoms with Crippen molar-refractivity contribution in [2.24, 2.45) is 11.8 Å². The molecule has 2 aliphatic rings. The molecule has 0 bridgehead atoms. The Morgan fingerprint density at radius 1 is 1.11 bits per heavy atom. The van der Waals surface area contributed by atoms with E-state index in [0.29, 0.717) is 30.2 Å². The largest absolute Gasteiger partial charge is 0.506 e. The zero-order valence-electron chi connectivity index (χ0n) is 15.1. The summed E-state index contributed by atoms with van der Waals surface area (Å²) in [5, 5.41) is 20.2. The molecular formula is C21H24F2N2O2. The molecule has 6 heteroatoms. The molecule has 2 heterocycles. The number of pyridine rings is 1. The summed E-state index contributed by atoms with van der Waals surface area (Å²) in [6, 6.07) is 7.05. The van der Waals surface area contributed by atoms with Crippen molar-refractivity contribution in [3.05, 3.63) is 59.4 Å². The summed E-state index contributed by atoms with van der Waals surface area (Å²) < 4.78 is 27.0. The van der Waals surface area contributed by atoms with Crippen LogP contribution in [0.5, 0.6) is 5.75 Å². The second-order valence-corrected chi connectivity index (χ2v) is 8.08. The predicted molar refractivity (Wildman–Crippen MR) is 97.3 cm³/mol. The molecule has 27 heavy (non-hydrogen) atoms. The van der Waals surface area contributed by atoms with E-state index in [1.54, 1.807) is 6.07 Å². The summed E-state index contributed by atoms with van der Waals surface area (Å²) in [6.45, 7) is 2.75. The molecule has 1 aromatic carbocycles. The molecule has 1 saturated carbocycles. The lowest BCUT2D eigenvalue weighted by Crippen LogP contribution is -2.33. The lowest BCUT2D eigenvalue weighted by Gasteiger charge is -2.26. The Hall–Kier alpha value is -2.05. The first-order valence-electron chi connectivity index (χ1n) is 9.43. The predicted octanol–water partition coefficient (Wildman–Crippen LogP) is 2.92. The highest BCUT2D eigenvalue weighted by molar-refractivity contribution is 5.22. The summed E-state index contributed by atoms with van der Waals surface area (Å²) in [5.41, 5.74) is 0.431. The molecular weight excluding hydrogens is 350 g/mol. The van der Waals surface area contributed by atoms with Crippen LogP contribution in [0.25, 0.3) is 0 Å². The number of fused-ring (bicyclic) bond motifs is 1. The van der Waals surface area contributed by atoms with Gasteiger partial charge in [0.15, 0.2) is 0 Å². The van der Waals surface area contributed by atoms with Gasteiger partial charge in [0.05, 0.1) is 11.8 Å². The van der Waals surface area contributed by atoms with Gasteiger partial charge in [0.1, 0.15) is 17.4 Å². The minimum Gasteiger partial charge on any atom is -0.506 e. The number of halogens is 2. The maximum absolute atomic E-state index is 13.9. The minimum absolute atomic E-state index is 0.173. The number of likely N-dealkylation sites (tertiary alicyclic amines) is 1. The van der Waals surface area contributed by atoms with Crippen LogP contribution in [0.3, 0.4) is 0 Å². The topological polar surface area (TPSA) is 56.6 Å². The molecule has 1 aromatic heterocycles. The number of hydrogen-bond donors (Lipinski definition) is 2. The number of nitrogens with zero attached hydrogens (tertiary/aromatic N) is 2. The van der Waals surface area contributed by atoms with Crippen LogP contribution in [0, 0.1) is 23.5 Å². The maximum Gasteiger partial charge on any atom is 0.133 e. The fourth-order valence-electron chi connectivity index (χ4n) is 4.74. The van der Waals surface area contributed by atoms with E-state index in [9.17, 15) is 19.0 Å². The molecule has 2 fully saturated rings. The average Bonchev–Trinajstić information content (AvgIpc) is 3.11. The first-order chi connectivity index (χ1) is 12.9. The molecule has 2 N–H and O–H groups in total. The summed E-state index contributed by atoms with van der Waals surface area (Å²) in [7, 11) is 0. The van der Waals surface area contributed by atoms with Gasteiger partial charge < -0.3 is 15.1 Å². The van der Waals surface area contributed by atoms with Crippen LogP contribution in [-0.2, 0) is 12.8 Å². The molecule has 1 aliphatic heterocycles. The van der Waals surface area contributed by atoms with E-state index in [1.807, 2.05) is 6.07 Å². The highest BCUT2D eigenvalue weighted by Crippen LogP contribution is 2.45. The van der Waals surface area contributed by atoms with Gasteiger partial charge in [-0.05, 0) is 48.4 Å². The molecule has 1 aliphatic carbocycles. The van der Waals surface area contributed by atoms with Crippen LogP contribution in [0.4, 0.5) is 8.78 Å². The standard InChI is InChI=1S/C21H24F2N2O2/c22-17-2-1-14(20(23)7-17)8-21(27)9-15-12-25(13-16(15)10-21)6-5-18-3-4-19(26)11-24-18/h1-4,7,11,15-16,26-27H,5-6,8-10,12-13H2/t15-,16+,21?. The SMILES string of the molecule is Oc1ccc(CCN2C[C@@H]3CC(O)(Cc4ccc(F)cc4F)C[C@@H]3C2)nc1.